The quantitative estimate of drug-likeness (QED) is 0.801. The van der Waals surface area contributed by atoms with Crippen LogP contribution in [0, 0.1) is 0 Å². The second kappa shape index (κ2) is 7.59. The molecule has 5 nitrogen and oxygen atoms in total. The Hall–Kier alpha value is -2.34. The monoisotopic (exact) mass is 415 g/mol. The van der Waals surface area contributed by atoms with E-state index in [1.807, 2.05) is 17.0 Å². The predicted molar refractivity (Wildman–Crippen MR) is 112 cm³/mol. The number of nitrogens with zero attached hydrogens (tertiary/aromatic N) is 1. The molecule has 0 bridgehead atoms. The predicted octanol–water partition coefficient (Wildman–Crippen LogP) is 3.75. The van der Waals surface area contributed by atoms with Gasteiger partial charge in [-0.2, -0.15) is 0 Å². The van der Waals surface area contributed by atoms with E-state index in [1.54, 1.807) is 18.2 Å². The summed E-state index contributed by atoms with van der Waals surface area (Å²) in [6, 6.07) is 10.8. The van der Waals surface area contributed by atoms with E-state index in [-0.39, 0.29) is 18.4 Å². The zero-order chi connectivity index (χ0) is 19.8. The van der Waals surface area contributed by atoms with Gasteiger partial charge in [-0.1, -0.05) is 29.3 Å². The van der Waals surface area contributed by atoms with Gasteiger partial charge in [0.1, 0.15) is 0 Å². The number of benzene rings is 2. The van der Waals surface area contributed by atoms with Crippen LogP contribution < -0.4 is 11.1 Å². The molecule has 28 heavy (non-hydrogen) atoms. The second-order valence-corrected chi connectivity index (χ2v) is 7.89. The molecular formula is C21H19Cl2N3O2. The highest BCUT2D eigenvalue weighted by molar-refractivity contribution is 6.31. The van der Waals surface area contributed by atoms with Gasteiger partial charge in [-0.15, -0.1) is 0 Å². The van der Waals surface area contributed by atoms with Gasteiger partial charge in [-0.3, -0.25) is 9.59 Å². The Bertz CT molecular complexity index is 1020. The molecule has 0 saturated carbocycles. The summed E-state index contributed by atoms with van der Waals surface area (Å²) in [5.74, 6) is -0.442. The minimum absolute atomic E-state index is 0.105. The lowest BCUT2D eigenvalue weighted by molar-refractivity contribution is -0.114. The summed E-state index contributed by atoms with van der Waals surface area (Å²) in [4.78, 5) is 26.4. The van der Waals surface area contributed by atoms with Gasteiger partial charge in [0, 0.05) is 34.4 Å². The Kier molecular flexibility index (Phi) is 5.15. The van der Waals surface area contributed by atoms with Crippen LogP contribution in [-0.4, -0.2) is 36.3 Å². The lowest BCUT2D eigenvalue weighted by Crippen LogP contribution is -2.36. The number of rotatable bonds is 3. The molecule has 2 aromatic carbocycles. The van der Waals surface area contributed by atoms with Crippen molar-refractivity contribution in [2.75, 3.05) is 25.0 Å². The molecule has 0 unspecified atom stereocenters. The molecule has 0 aromatic heterocycles. The Balaban J connectivity index is 1.55. The van der Waals surface area contributed by atoms with Crippen molar-refractivity contribution in [1.82, 2.24) is 4.90 Å². The van der Waals surface area contributed by atoms with E-state index in [4.69, 9.17) is 28.9 Å². The summed E-state index contributed by atoms with van der Waals surface area (Å²) in [6.45, 7) is 1.07. The zero-order valence-electron chi connectivity index (χ0n) is 15.1. The number of anilines is 1. The zero-order valence-corrected chi connectivity index (χ0v) is 16.6. The fraction of sp³-hybridized carbons (Fsp3) is 0.238. The minimum Gasteiger partial charge on any atom is -0.334 e. The van der Waals surface area contributed by atoms with Gasteiger partial charge in [-0.25, -0.2) is 0 Å². The van der Waals surface area contributed by atoms with E-state index >= 15 is 0 Å². The van der Waals surface area contributed by atoms with E-state index in [9.17, 15) is 9.59 Å². The lowest BCUT2D eigenvalue weighted by Gasteiger charge is -2.29. The van der Waals surface area contributed by atoms with Gasteiger partial charge in [0.15, 0.2) is 0 Å². The van der Waals surface area contributed by atoms with Crippen LogP contribution in [0.3, 0.4) is 0 Å². The van der Waals surface area contributed by atoms with Gasteiger partial charge >= 0.3 is 0 Å². The van der Waals surface area contributed by atoms with Crippen molar-refractivity contribution in [2.45, 2.75) is 12.8 Å². The second-order valence-electron chi connectivity index (χ2n) is 7.02. The van der Waals surface area contributed by atoms with E-state index in [0.717, 1.165) is 17.9 Å². The van der Waals surface area contributed by atoms with Crippen molar-refractivity contribution in [2.24, 2.45) is 5.73 Å². The van der Waals surface area contributed by atoms with Crippen molar-refractivity contribution < 1.29 is 9.59 Å². The molecular weight excluding hydrogens is 397 g/mol. The number of fused-ring (bicyclic) bond motifs is 2. The Labute approximate surface area is 173 Å². The Morgan fingerprint density at radius 2 is 1.93 bits per heavy atom. The number of halogens is 2. The summed E-state index contributed by atoms with van der Waals surface area (Å²) >= 11 is 12.3. The third-order valence-corrected chi connectivity index (χ3v) is 5.60. The fourth-order valence-electron chi connectivity index (χ4n) is 3.88. The molecule has 1 aliphatic carbocycles. The van der Waals surface area contributed by atoms with Crippen LogP contribution in [0.4, 0.5) is 5.69 Å². The summed E-state index contributed by atoms with van der Waals surface area (Å²) in [6.07, 6.45) is 1.64. The third kappa shape index (κ3) is 3.65. The number of amides is 2. The van der Waals surface area contributed by atoms with Gasteiger partial charge < -0.3 is 16.0 Å². The highest BCUT2D eigenvalue weighted by Crippen LogP contribution is 2.39. The van der Waals surface area contributed by atoms with Crippen LogP contribution >= 0.6 is 23.2 Å². The van der Waals surface area contributed by atoms with Gasteiger partial charge in [0.05, 0.1) is 6.54 Å². The molecule has 0 fully saturated rings. The highest BCUT2D eigenvalue weighted by atomic mass is 35.5. The first kappa shape index (κ1) is 19.0. The molecule has 2 aromatic rings. The topological polar surface area (TPSA) is 75.4 Å². The van der Waals surface area contributed by atoms with Crippen molar-refractivity contribution >= 4 is 46.3 Å². The van der Waals surface area contributed by atoms with Crippen molar-refractivity contribution in [1.29, 1.82) is 0 Å². The minimum atomic E-state index is -0.337. The van der Waals surface area contributed by atoms with E-state index < -0.39 is 0 Å². The van der Waals surface area contributed by atoms with Gasteiger partial charge in [-0.05, 0) is 65.4 Å². The first-order chi connectivity index (χ1) is 13.4. The lowest BCUT2D eigenvalue weighted by atomic mass is 9.98. The van der Waals surface area contributed by atoms with E-state index in [0.29, 0.717) is 29.4 Å². The molecule has 0 radical (unpaired) electrons. The van der Waals surface area contributed by atoms with Crippen molar-refractivity contribution in [3.63, 3.8) is 0 Å². The van der Waals surface area contributed by atoms with E-state index in [2.05, 4.69) is 11.4 Å². The highest BCUT2D eigenvalue weighted by Gasteiger charge is 2.29. The van der Waals surface area contributed by atoms with Gasteiger partial charge in [0.25, 0.3) is 5.91 Å². The number of nitrogens with two attached hydrogens (primary N) is 1. The molecule has 0 saturated heterocycles. The molecule has 0 spiro atoms. The molecule has 1 heterocycles. The maximum Gasteiger partial charge on any atom is 0.254 e. The van der Waals surface area contributed by atoms with E-state index in [1.165, 1.54) is 22.3 Å². The molecule has 2 aliphatic rings. The average Bonchev–Trinajstić information content (AvgIpc) is 3.03. The van der Waals surface area contributed by atoms with Crippen molar-refractivity contribution in [3.8, 4) is 0 Å². The first-order valence-electron chi connectivity index (χ1n) is 9.04. The van der Waals surface area contributed by atoms with Crippen LogP contribution in [0.2, 0.25) is 10.0 Å². The Morgan fingerprint density at radius 1 is 1.11 bits per heavy atom. The van der Waals surface area contributed by atoms with Crippen LogP contribution in [0.15, 0.2) is 42.0 Å². The molecule has 4 rings (SSSR count). The van der Waals surface area contributed by atoms with Crippen LogP contribution in [0.1, 0.15) is 27.9 Å². The molecule has 0 atom stereocenters. The average molecular weight is 416 g/mol. The van der Waals surface area contributed by atoms with Crippen LogP contribution in [-0.2, 0) is 11.2 Å². The molecule has 3 N–H and O–H groups in total. The molecule has 2 amide bonds. The molecule has 1 aliphatic heterocycles. The normalized spacial score (nSPS) is 15.3. The number of nitrogens with one attached hydrogen (secondary N) is 1. The van der Waals surface area contributed by atoms with Crippen LogP contribution in [0.25, 0.3) is 5.57 Å². The number of hydrogen-bond donors (Lipinski definition) is 2. The third-order valence-electron chi connectivity index (χ3n) is 5.14. The largest absolute Gasteiger partial charge is 0.334 e. The smallest absolute Gasteiger partial charge is 0.254 e. The summed E-state index contributed by atoms with van der Waals surface area (Å²) in [5.41, 5.74) is 11.3. The molecule has 7 heteroatoms. The summed E-state index contributed by atoms with van der Waals surface area (Å²) < 4.78 is 0. The fourth-order valence-corrected chi connectivity index (χ4v) is 4.29. The maximum absolute atomic E-state index is 13.1. The number of carbonyl (C=O) groups is 2. The Morgan fingerprint density at radius 3 is 2.71 bits per heavy atom. The maximum atomic E-state index is 13.1. The van der Waals surface area contributed by atoms with Crippen molar-refractivity contribution in [3.05, 3.63) is 68.7 Å². The summed E-state index contributed by atoms with van der Waals surface area (Å²) in [5, 5.41) is 3.76. The number of hydrogen-bond acceptors (Lipinski definition) is 3. The molecule has 144 valence electrons. The van der Waals surface area contributed by atoms with Gasteiger partial charge in [0.2, 0.25) is 5.91 Å². The number of carbonyl (C=O) groups excluding carboxylic acids is 2. The standard InChI is InChI=1S/C21H19Cl2N3O2/c22-15-2-1-12-5-14-11-26(4-3-18(14)19(12)9-15)21(28)13-6-16(23)8-17(7-13)25-20(27)10-24/h1-2,6-9H,3-5,10-11,24H2,(H,25,27). The first-order valence-corrected chi connectivity index (χ1v) is 9.79. The SMILES string of the molecule is NCC(=O)Nc1cc(Cl)cc(C(=O)N2CCC3=C(Cc4ccc(Cl)cc43)C2)c1. The summed E-state index contributed by atoms with van der Waals surface area (Å²) in [7, 11) is 0. The van der Waals surface area contributed by atoms with Crippen LogP contribution in [0.5, 0.6) is 0 Å².